The Hall–Kier alpha value is -1.55. The van der Waals surface area contributed by atoms with Crippen molar-refractivity contribution >= 4 is 18.0 Å². The summed E-state index contributed by atoms with van der Waals surface area (Å²) in [5.74, 6) is -2.64. The van der Waals surface area contributed by atoms with Crippen LogP contribution in [0.4, 0.5) is 0 Å². The topological polar surface area (TPSA) is 165 Å². The average molecular weight is 418 g/mol. The van der Waals surface area contributed by atoms with Gasteiger partial charge in [0.15, 0.2) is 24.2 Å². The molecule has 0 spiro atoms. The Kier molecular flexibility index (Phi) is 16.4. The van der Waals surface area contributed by atoms with Crippen molar-refractivity contribution in [2.45, 2.75) is 102 Å². The summed E-state index contributed by atoms with van der Waals surface area (Å²) in [4.78, 5) is 26.4. The molecule has 0 aromatic heterocycles. The van der Waals surface area contributed by atoms with E-state index in [1.54, 1.807) is 0 Å². The van der Waals surface area contributed by atoms with Crippen molar-refractivity contribution < 1.29 is 30.0 Å². The van der Waals surface area contributed by atoms with Gasteiger partial charge in [-0.1, -0.05) is 71.1 Å². The molecule has 0 fully saturated rings. The van der Waals surface area contributed by atoms with E-state index in [0.717, 1.165) is 19.3 Å². The summed E-state index contributed by atoms with van der Waals surface area (Å²) in [5.41, 5.74) is 4.76. The molecular formula is C20H39N3O6. The lowest BCUT2D eigenvalue weighted by atomic mass is 10.0. The number of aliphatic hydroxyl groups excluding tert-OH is 4. The zero-order chi connectivity index (χ0) is 22.1. The minimum Gasteiger partial charge on any atom is -0.382 e. The van der Waals surface area contributed by atoms with Crippen molar-refractivity contribution in [3.8, 4) is 0 Å². The fourth-order valence-corrected chi connectivity index (χ4v) is 2.79. The molecule has 7 N–H and O–H groups in total. The number of unbranched alkanes of at least 4 members (excludes halogenated alkanes) is 10. The molecule has 170 valence electrons. The van der Waals surface area contributed by atoms with Gasteiger partial charge < -0.3 is 31.5 Å². The van der Waals surface area contributed by atoms with E-state index in [-0.39, 0.29) is 0 Å². The standard InChI is InChI=1S/C20H39N3O6/c1-2-3-4-5-6-7-8-9-10-11-12-13-22-14-23-20(29)18(27)16(25)15(24)17(26)19(21)28/h14-15,17-18,20,24,26-27,29H,2-13H2,1H3,(H2,21,28)(H,22,23)/t15-,17-,18+,20?/m0/s1. The molecule has 0 saturated heterocycles. The molecule has 29 heavy (non-hydrogen) atoms. The van der Waals surface area contributed by atoms with E-state index in [1.807, 2.05) is 0 Å². The fourth-order valence-electron chi connectivity index (χ4n) is 2.79. The molecule has 9 nitrogen and oxygen atoms in total. The van der Waals surface area contributed by atoms with Crippen LogP contribution in [0.15, 0.2) is 4.99 Å². The molecule has 9 heteroatoms. The SMILES string of the molecule is CCCCCCCCCCCCCN=CNC(O)[C@H](O)C(=O)[C@H](O)[C@H](O)C(N)=O. The van der Waals surface area contributed by atoms with Crippen LogP contribution in [-0.2, 0) is 9.59 Å². The quantitative estimate of drug-likeness (QED) is 0.0764. The molecule has 0 aromatic rings. The second kappa shape index (κ2) is 17.3. The first-order chi connectivity index (χ1) is 13.8. The molecule has 0 rings (SSSR count). The molecule has 1 unspecified atom stereocenters. The fraction of sp³-hybridized carbons (Fsp3) is 0.850. The predicted molar refractivity (Wildman–Crippen MR) is 111 cm³/mol. The van der Waals surface area contributed by atoms with Gasteiger partial charge >= 0.3 is 0 Å². The molecule has 4 atom stereocenters. The van der Waals surface area contributed by atoms with E-state index < -0.39 is 36.2 Å². The summed E-state index contributed by atoms with van der Waals surface area (Å²) < 4.78 is 0. The molecule has 1 amide bonds. The lowest BCUT2D eigenvalue weighted by Crippen LogP contribution is -2.52. The summed E-state index contributed by atoms with van der Waals surface area (Å²) in [5, 5.41) is 40.3. The monoisotopic (exact) mass is 417 g/mol. The Bertz CT molecular complexity index is 475. The van der Waals surface area contributed by atoms with Crippen LogP contribution in [0.25, 0.3) is 0 Å². The van der Waals surface area contributed by atoms with Crippen LogP contribution in [0.3, 0.4) is 0 Å². The van der Waals surface area contributed by atoms with Crippen molar-refractivity contribution in [2.24, 2.45) is 10.7 Å². The van der Waals surface area contributed by atoms with Gasteiger partial charge in [0.25, 0.3) is 0 Å². The van der Waals surface area contributed by atoms with Crippen LogP contribution in [-0.4, -0.2) is 69.5 Å². The van der Waals surface area contributed by atoms with Gasteiger partial charge in [-0.05, 0) is 6.42 Å². The second-order valence-corrected chi connectivity index (χ2v) is 7.32. The Labute approximate surface area is 173 Å². The number of ketones is 1. The number of hydrogen-bond donors (Lipinski definition) is 6. The Morgan fingerprint density at radius 1 is 0.828 bits per heavy atom. The molecule has 0 aliphatic heterocycles. The smallest absolute Gasteiger partial charge is 0.249 e. The van der Waals surface area contributed by atoms with Crippen LogP contribution in [0.2, 0.25) is 0 Å². The summed E-state index contributed by atoms with van der Waals surface area (Å²) in [6.45, 7) is 2.77. The van der Waals surface area contributed by atoms with E-state index in [9.17, 15) is 30.0 Å². The largest absolute Gasteiger partial charge is 0.382 e. The Morgan fingerprint density at radius 3 is 1.79 bits per heavy atom. The normalized spacial score (nSPS) is 15.8. The Morgan fingerprint density at radius 2 is 1.31 bits per heavy atom. The number of Topliss-reactive ketones (excluding diaryl/α,β-unsaturated/α-hetero) is 1. The molecule has 0 aliphatic rings. The summed E-state index contributed by atoms with van der Waals surface area (Å²) in [7, 11) is 0. The van der Waals surface area contributed by atoms with Gasteiger partial charge in [-0.3, -0.25) is 14.6 Å². The molecule has 0 radical (unpaired) electrons. The van der Waals surface area contributed by atoms with Gasteiger partial charge in [0, 0.05) is 6.54 Å². The van der Waals surface area contributed by atoms with Gasteiger partial charge in [-0.2, -0.15) is 0 Å². The highest BCUT2D eigenvalue weighted by molar-refractivity contribution is 5.93. The number of carbonyl (C=O) groups excluding carboxylic acids is 2. The number of aliphatic imine (C=N–C) groups is 1. The van der Waals surface area contributed by atoms with Crippen molar-refractivity contribution in [3.63, 3.8) is 0 Å². The number of nitrogens with two attached hydrogens (primary N) is 1. The van der Waals surface area contributed by atoms with Gasteiger partial charge in [-0.15, -0.1) is 0 Å². The maximum atomic E-state index is 11.7. The van der Waals surface area contributed by atoms with E-state index in [0.29, 0.717) is 6.54 Å². The predicted octanol–water partition coefficient (Wildman–Crippen LogP) is 0.371. The van der Waals surface area contributed by atoms with Gasteiger partial charge in [0.05, 0.1) is 6.34 Å². The molecular weight excluding hydrogens is 378 g/mol. The molecule has 0 heterocycles. The maximum Gasteiger partial charge on any atom is 0.249 e. The number of primary amides is 1. The highest BCUT2D eigenvalue weighted by Gasteiger charge is 2.35. The second-order valence-electron chi connectivity index (χ2n) is 7.32. The molecule has 0 saturated carbocycles. The highest BCUT2D eigenvalue weighted by atomic mass is 16.4. The maximum absolute atomic E-state index is 11.7. The first kappa shape index (κ1) is 27.5. The summed E-state index contributed by atoms with van der Waals surface area (Å²) in [6.07, 6.45) is 6.56. The third-order valence-corrected chi connectivity index (χ3v) is 4.70. The number of hydrogen-bond acceptors (Lipinski definition) is 7. The summed E-state index contributed by atoms with van der Waals surface area (Å²) >= 11 is 0. The van der Waals surface area contributed by atoms with E-state index in [1.165, 1.54) is 57.7 Å². The van der Waals surface area contributed by atoms with Crippen molar-refractivity contribution in [1.82, 2.24) is 5.32 Å². The first-order valence-electron chi connectivity index (χ1n) is 10.6. The highest BCUT2D eigenvalue weighted by Crippen LogP contribution is 2.11. The van der Waals surface area contributed by atoms with Gasteiger partial charge in [-0.25, -0.2) is 0 Å². The number of aliphatic hydroxyl groups is 4. The van der Waals surface area contributed by atoms with Crippen molar-refractivity contribution in [3.05, 3.63) is 0 Å². The van der Waals surface area contributed by atoms with Crippen LogP contribution in [0.1, 0.15) is 77.6 Å². The number of nitrogens with zero attached hydrogens (tertiary/aromatic N) is 1. The first-order valence-corrected chi connectivity index (χ1v) is 10.6. The van der Waals surface area contributed by atoms with Gasteiger partial charge in [0.2, 0.25) is 5.91 Å². The molecule has 0 aromatic carbocycles. The Balaban J connectivity index is 3.76. The van der Waals surface area contributed by atoms with Crippen LogP contribution < -0.4 is 11.1 Å². The number of carbonyl (C=O) groups is 2. The summed E-state index contributed by atoms with van der Waals surface area (Å²) in [6, 6.07) is 0. The molecule has 0 bridgehead atoms. The van der Waals surface area contributed by atoms with Crippen molar-refractivity contribution in [2.75, 3.05) is 6.54 Å². The van der Waals surface area contributed by atoms with Crippen LogP contribution in [0.5, 0.6) is 0 Å². The lowest BCUT2D eigenvalue weighted by Gasteiger charge is -2.21. The lowest BCUT2D eigenvalue weighted by molar-refractivity contribution is -0.152. The zero-order valence-corrected chi connectivity index (χ0v) is 17.5. The number of nitrogens with one attached hydrogen (secondary N) is 1. The average Bonchev–Trinajstić information content (AvgIpc) is 2.71. The number of amides is 1. The van der Waals surface area contributed by atoms with E-state index in [2.05, 4.69) is 17.2 Å². The van der Waals surface area contributed by atoms with Crippen molar-refractivity contribution in [1.29, 1.82) is 0 Å². The van der Waals surface area contributed by atoms with Crippen LogP contribution >= 0.6 is 0 Å². The minimum absolute atomic E-state index is 0.545. The zero-order valence-electron chi connectivity index (χ0n) is 17.5. The minimum atomic E-state index is -2.22. The van der Waals surface area contributed by atoms with E-state index >= 15 is 0 Å². The van der Waals surface area contributed by atoms with Crippen LogP contribution in [0, 0.1) is 0 Å². The molecule has 0 aliphatic carbocycles. The number of rotatable bonds is 19. The third-order valence-electron chi connectivity index (χ3n) is 4.70. The van der Waals surface area contributed by atoms with Gasteiger partial charge in [0.1, 0.15) is 6.10 Å². The third kappa shape index (κ3) is 13.3. The van der Waals surface area contributed by atoms with E-state index in [4.69, 9.17) is 5.73 Å².